The molecule has 0 heterocycles. The van der Waals surface area contributed by atoms with Gasteiger partial charge in [0.1, 0.15) is 0 Å². The molecule has 1 aromatic carbocycles. The van der Waals surface area contributed by atoms with Gasteiger partial charge >= 0.3 is 0 Å². The smallest absolute Gasteiger partial charge is 0.225 e. The third-order valence-electron chi connectivity index (χ3n) is 2.84. The van der Waals surface area contributed by atoms with Gasteiger partial charge in [0.15, 0.2) is 0 Å². The van der Waals surface area contributed by atoms with Gasteiger partial charge in [0, 0.05) is 18.2 Å². The summed E-state index contributed by atoms with van der Waals surface area (Å²) in [6, 6.07) is 9.25. The van der Waals surface area contributed by atoms with Crippen molar-refractivity contribution in [2.45, 2.75) is 46.1 Å². The standard InChI is InChI=1S/C16H23N3O/c1-16(2,3)11-13(18)10-15(20)19-14-6-4-12(5-7-14)8-9-17/h4-7,13H,8,10-11,18H2,1-3H3,(H,19,20). The lowest BCUT2D eigenvalue weighted by molar-refractivity contribution is -0.116. The molecule has 0 bridgehead atoms. The number of carbonyl (C=O) groups excluding carboxylic acids is 1. The van der Waals surface area contributed by atoms with Gasteiger partial charge in [-0.3, -0.25) is 4.79 Å². The van der Waals surface area contributed by atoms with Crippen LogP contribution in [0.2, 0.25) is 0 Å². The lowest BCUT2D eigenvalue weighted by Crippen LogP contribution is -2.31. The van der Waals surface area contributed by atoms with Gasteiger partial charge in [0.2, 0.25) is 5.91 Å². The number of amides is 1. The zero-order valence-electron chi connectivity index (χ0n) is 12.4. The summed E-state index contributed by atoms with van der Waals surface area (Å²) in [6.45, 7) is 6.33. The van der Waals surface area contributed by atoms with Crippen molar-refractivity contribution < 1.29 is 4.79 Å². The van der Waals surface area contributed by atoms with E-state index in [1.165, 1.54) is 0 Å². The van der Waals surface area contributed by atoms with Gasteiger partial charge in [0.25, 0.3) is 0 Å². The number of nitrogens with one attached hydrogen (secondary N) is 1. The van der Waals surface area contributed by atoms with E-state index in [-0.39, 0.29) is 17.4 Å². The fourth-order valence-electron chi connectivity index (χ4n) is 2.11. The summed E-state index contributed by atoms with van der Waals surface area (Å²) in [5.41, 5.74) is 7.78. The Balaban J connectivity index is 2.48. The molecule has 0 radical (unpaired) electrons. The Bertz CT molecular complexity index is 480. The highest BCUT2D eigenvalue weighted by Crippen LogP contribution is 2.21. The van der Waals surface area contributed by atoms with Gasteiger partial charge < -0.3 is 11.1 Å². The van der Waals surface area contributed by atoms with Crippen molar-refractivity contribution in [3.63, 3.8) is 0 Å². The number of nitrogens with zero attached hydrogens (tertiary/aromatic N) is 1. The van der Waals surface area contributed by atoms with Gasteiger partial charge in [-0.15, -0.1) is 0 Å². The Kier molecular flexibility index (Phi) is 5.72. The largest absolute Gasteiger partial charge is 0.327 e. The molecule has 0 fully saturated rings. The molecule has 1 aromatic rings. The fourth-order valence-corrected chi connectivity index (χ4v) is 2.11. The van der Waals surface area contributed by atoms with Gasteiger partial charge in [-0.25, -0.2) is 0 Å². The molecule has 1 atom stereocenters. The molecular weight excluding hydrogens is 250 g/mol. The molecule has 1 amide bonds. The SMILES string of the molecule is CC(C)(C)CC(N)CC(=O)Nc1ccc(CC#N)cc1. The van der Waals surface area contributed by atoms with Crippen molar-refractivity contribution in [1.82, 2.24) is 0 Å². The van der Waals surface area contributed by atoms with Crippen LogP contribution in [-0.2, 0) is 11.2 Å². The maximum atomic E-state index is 11.9. The summed E-state index contributed by atoms with van der Waals surface area (Å²) in [6.07, 6.45) is 1.50. The summed E-state index contributed by atoms with van der Waals surface area (Å²) < 4.78 is 0. The first-order valence-corrected chi connectivity index (χ1v) is 6.81. The molecule has 0 aromatic heterocycles. The minimum atomic E-state index is -0.132. The van der Waals surface area contributed by atoms with E-state index in [1.54, 1.807) is 12.1 Å². The van der Waals surface area contributed by atoms with Crippen molar-refractivity contribution in [3.8, 4) is 6.07 Å². The summed E-state index contributed by atoms with van der Waals surface area (Å²) in [5.74, 6) is -0.0743. The van der Waals surface area contributed by atoms with Crippen LogP contribution in [0.25, 0.3) is 0 Å². The summed E-state index contributed by atoms with van der Waals surface area (Å²) in [4.78, 5) is 11.9. The predicted molar refractivity (Wildman–Crippen MR) is 81.1 cm³/mol. The van der Waals surface area contributed by atoms with Gasteiger partial charge in [-0.05, 0) is 29.5 Å². The highest BCUT2D eigenvalue weighted by atomic mass is 16.1. The van der Waals surface area contributed by atoms with Crippen molar-refractivity contribution in [2.24, 2.45) is 11.1 Å². The monoisotopic (exact) mass is 273 g/mol. The highest BCUT2D eigenvalue weighted by molar-refractivity contribution is 5.91. The van der Waals surface area contributed by atoms with E-state index in [0.29, 0.717) is 12.8 Å². The number of carbonyl (C=O) groups is 1. The van der Waals surface area contributed by atoms with E-state index in [0.717, 1.165) is 17.7 Å². The molecule has 0 aliphatic rings. The van der Waals surface area contributed by atoms with Crippen molar-refractivity contribution >= 4 is 11.6 Å². The molecule has 0 aliphatic carbocycles. The molecule has 1 unspecified atom stereocenters. The van der Waals surface area contributed by atoms with Crippen LogP contribution in [0.15, 0.2) is 24.3 Å². The van der Waals surface area contributed by atoms with Crippen molar-refractivity contribution in [2.75, 3.05) is 5.32 Å². The molecule has 3 N–H and O–H groups in total. The molecule has 1 rings (SSSR count). The van der Waals surface area contributed by atoms with Crippen molar-refractivity contribution in [3.05, 3.63) is 29.8 Å². The van der Waals surface area contributed by atoms with E-state index in [1.807, 2.05) is 12.1 Å². The zero-order valence-corrected chi connectivity index (χ0v) is 12.4. The number of rotatable bonds is 5. The number of hydrogen-bond donors (Lipinski definition) is 2. The molecular formula is C16H23N3O. The topological polar surface area (TPSA) is 78.9 Å². The number of nitriles is 1. The molecule has 4 nitrogen and oxygen atoms in total. The van der Waals surface area contributed by atoms with Gasteiger partial charge in [-0.2, -0.15) is 5.26 Å². The molecule has 0 saturated carbocycles. The summed E-state index contributed by atoms with van der Waals surface area (Å²) in [7, 11) is 0. The molecule has 0 aliphatic heterocycles. The van der Waals surface area contributed by atoms with Crippen LogP contribution in [0, 0.1) is 16.7 Å². The molecule has 108 valence electrons. The molecule has 20 heavy (non-hydrogen) atoms. The van der Waals surface area contributed by atoms with E-state index >= 15 is 0 Å². The van der Waals surface area contributed by atoms with Crippen LogP contribution in [0.3, 0.4) is 0 Å². The second-order valence-corrected chi connectivity index (χ2v) is 6.31. The highest BCUT2D eigenvalue weighted by Gasteiger charge is 2.18. The van der Waals surface area contributed by atoms with Crippen LogP contribution in [0.5, 0.6) is 0 Å². The van der Waals surface area contributed by atoms with E-state index < -0.39 is 0 Å². The number of benzene rings is 1. The third-order valence-corrected chi connectivity index (χ3v) is 2.84. The first-order chi connectivity index (χ1) is 9.30. The lowest BCUT2D eigenvalue weighted by Gasteiger charge is -2.22. The third kappa shape index (κ3) is 6.35. The van der Waals surface area contributed by atoms with E-state index in [2.05, 4.69) is 32.2 Å². The first-order valence-electron chi connectivity index (χ1n) is 6.81. The zero-order chi connectivity index (χ0) is 15.2. The summed E-state index contributed by atoms with van der Waals surface area (Å²) in [5, 5.41) is 11.4. The average molecular weight is 273 g/mol. The number of anilines is 1. The Morgan fingerprint density at radius 3 is 2.45 bits per heavy atom. The second kappa shape index (κ2) is 7.06. The van der Waals surface area contributed by atoms with Crippen LogP contribution in [-0.4, -0.2) is 11.9 Å². The van der Waals surface area contributed by atoms with Crippen LogP contribution in [0.1, 0.15) is 39.2 Å². The number of hydrogen-bond acceptors (Lipinski definition) is 3. The van der Waals surface area contributed by atoms with Gasteiger partial charge in [0.05, 0.1) is 12.5 Å². The predicted octanol–water partition coefficient (Wildman–Crippen LogP) is 2.84. The fraction of sp³-hybridized carbons (Fsp3) is 0.500. The average Bonchev–Trinajstić information content (AvgIpc) is 2.29. The summed E-state index contributed by atoms with van der Waals surface area (Å²) >= 11 is 0. The maximum absolute atomic E-state index is 11.9. The van der Waals surface area contributed by atoms with E-state index in [4.69, 9.17) is 11.0 Å². The number of nitrogens with two attached hydrogens (primary N) is 1. The van der Waals surface area contributed by atoms with Crippen LogP contribution < -0.4 is 11.1 Å². The first kappa shape index (κ1) is 16.2. The Hall–Kier alpha value is -1.86. The van der Waals surface area contributed by atoms with Gasteiger partial charge in [-0.1, -0.05) is 32.9 Å². The second-order valence-electron chi connectivity index (χ2n) is 6.31. The molecule has 0 saturated heterocycles. The van der Waals surface area contributed by atoms with E-state index in [9.17, 15) is 4.79 Å². The minimum Gasteiger partial charge on any atom is -0.327 e. The Morgan fingerprint density at radius 1 is 1.35 bits per heavy atom. The molecule has 0 spiro atoms. The lowest BCUT2D eigenvalue weighted by atomic mass is 9.87. The maximum Gasteiger partial charge on any atom is 0.225 e. The molecule has 4 heteroatoms. The Labute approximate surface area is 121 Å². The Morgan fingerprint density at radius 2 is 1.95 bits per heavy atom. The van der Waals surface area contributed by atoms with Crippen molar-refractivity contribution in [1.29, 1.82) is 5.26 Å². The van der Waals surface area contributed by atoms with Crippen LogP contribution in [0.4, 0.5) is 5.69 Å². The quantitative estimate of drug-likeness (QED) is 0.865. The normalized spacial score (nSPS) is 12.6. The minimum absolute atomic E-state index is 0.0743. The van der Waals surface area contributed by atoms with Crippen LogP contribution >= 0.6 is 0 Å².